The molecule has 4 N–H and O–H groups in total. The molecule has 0 saturated carbocycles. The third kappa shape index (κ3) is 9.61. The van der Waals surface area contributed by atoms with Crippen LogP contribution in [0.3, 0.4) is 0 Å². The second-order valence-electron chi connectivity index (χ2n) is 8.37. The minimum absolute atomic E-state index is 0.0634. The molecule has 0 aliphatic rings. The van der Waals surface area contributed by atoms with E-state index in [1.165, 1.54) is 37.4 Å². The van der Waals surface area contributed by atoms with Crippen LogP contribution in [0.1, 0.15) is 26.3 Å². The number of hydrogen-bond acceptors (Lipinski definition) is 6. The Hall–Kier alpha value is -3.67. The van der Waals surface area contributed by atoms with Gasteiger partial charge in [-0.1, -0.05) is 6.07 Å². The average molecular weight is 499 g/mol. The monoisotopic (exact) mass is 499 g/mol. The van der Waals surface area contributed by atoms with Crippen molar-refractivity contribution in [3.05, 3.63) is 48.0 Å². The molecule has 9 nitrogen and oxygen atoms in total. The Bertz CT molecular complexity index is 1020. The van der Waals surface area contributed by atoms with Gasteiger partial charge in [-0.15, -0.1) is 0 Å². The molecule has 0 aliphatic carbocycles. The predicted molar refractivity (Wildman–Crippen MR) is 123 cm³/mol. The Balaban J connectivity index is 1.87. The summed E-state index contributed by atoms with van der Waals surface area (Å²) in [6.45, 7) is 4.57. The SMILES string of the molecule is COc1ccc(NC(=O)NCC(O)COc2cccc(C(F)(F)F)c2)cc1NC(=O)OC(C)(C)C. The molecule has 2 aromatic rings. The van der Waals surface area contributed by atoms with Crippen LogP contribution in [0.5, 0.6) is 11.5 Å². The van der Waals surface area contributed by atoms with Crippen molar-refractivity contribution in [3.63, 3.8) is 0 Å². The molecule has 0 heterocycles. The molecule has 0 bridgehead atoms. The lowest BCUT2D eigenvalue weighted by atomic mass is 10.2. The van der Waals surface area contributed by atoms with Crippen LogP contribution in [0.25, 0.3) is 0 Å². The number of aliphatic hydroxyl groups is 1. The van der Waals surface area contributed by atoms with Crippen molar-refractivity contribution in [3.8, 4) is 11.5 Å². The van der Waals surface area contributed by atoms with Gasteiger partial charge in [0.1, 0.15) is 29.8 Å². The third-order valence-electron chi connectivity index (χ3n) is 4.19. The largest absolute Gasteiger partial charge is 0.495 e. The van der Waals surface area contributed by atoms with Gasteiger partial charge in [0.15, 0.2) is 0 Å². The number of ether oxygens (including phenoxy) is 3. The molecule has 192 valence electrons. The minimum Gasteiger partial charge on any atom is -0.495 e. The van der Waals surface area contributed by atoms with Gasteiger partial charge >= 0.3 is 18.3 Å². The van der Waals surface area contributed by atoms with Crippen molar-refractivity contribution < 1.29 is 42.1 Å². The van der Waals surface area contributed by atoms with Crippen LogP contribution in [-0.4, -0.2) is 49.2 Å². The molecule has 0 fully saturated rings. The van der Waals surface area contributed by atoms with E-state index in [0.717, 1.165) is 12.1 Å². The standard InChI is InChI=1S/C23H28F3N3O6/c1-22(2,3)35-21(32)29-18-11-15(8-9-19(18)33-4)28-20(31)27-12-16(30)13-34-17-7-5-6-14(10-17)23(24,25)26/h5-11,16,30H,12-13H2,1-4H3,(H,29,32)(H2,27,28,31). The number of anilines is 2. The maximum Gasteiger partial charge on any atom is 0.416 e. The van der Waals surface area contributed by atoms with Gasteiger partial charge in [0, 0.05) is 12.2 Å². The summed E-state index contributed by atoms with van der Waals surface area (Å²) in [6, 6.07) is 8.09. The Morgan fingerprint density at radius 2 is 1.77 bits per heavy atom. The van der Waals surface area contributed by atoms with Gasteiger partial charge in [-0.25, -0.2) is 9.59 Å². The molecule has 12 heteroatoms. The highest BCUT2D eigenvalue weighted by Gasteiger charge is 2.30. The van der Waals surface area contributed by atoms with Crippen LogP contribution in [0, 0.1) is 0 Å². The zero-order valence-corrected chi connectivity index (χ0v) is 19.7. The first-order valence-corrected chi connectivity index (χ1v) is 10.5. The maximum atomic E-state index is 12.8. The number of halogens is 3. The number of alkyl halides is 3. The van der Waals surface area contributed by atoms with Crippen molar-refractivity contribution >= 4 is 23.5 Å². The lowest BCUT2D eigenvalue weighted by molar-refractivity contribution is -0.137. The number of aliphatic hydroxyl groups excluding tert-OH is 1. The summed E-state index contributed by atoms with van der Waals surface area (Å²) in [7, 11) is 1.41. The van der Waals surface area contributed by atoms with Gasteiger partial charge in [0.05, 0.1) is 18.4 Å². The van der Waals surface area contributed by atoms with Crippen LogP contribution in [0.15, 0.2) is 42.5 Å². The number of benzene rings is 2. The first-order valence-electron chi connectivity index (χ1n) is 10.5. The van der Waals surface area contributed by atoms with E-state index in [9.17, 15) is 27.9 Å². The van der Waals surface area contributed by atoms with Gasteiger partial charge in [-0.3, -0.25) is 5.32 Å². The van der Waals surface area contributed by atoms with E-state index in [1.54, 1.807) is 20.8 Å². The topological polar surface area (TPSA) is 118 Å². The van der Waals surface area contributed by atoms with Gasteiger partial charge in [-0.2, -0.15) is 13.2 Å². The number of carbonyl (C=O) groups excluding carboxylic acids is 2. The van der Waals surface area contributed by atoms with E-state index in [-0.39, 0.29) is 24.6 Å². The Morgan fingerprint density at radius 3 is 2.40 bits per heavy atom. The maximum absolute atomic E-state index is 12.8. The summed E-state index contributed by atoms with van der Waals surface area (Å²) in [5.41, 5.74) is -1.01. The number of nitrogens with one attached hydrogen (secondary N) is 3. The number of amides is 3. The highest BCUT2D eigenvalue weighted by Crippen LogP contribution is 2.31. The van der Waals surface area contributed by atoms with Gasteiger partial charge in [-0.05, 0) is 57.2 Å². The molecule has 35 heavy (non-hydrogen) atoms. The molecule has 1 unspecified atom stereocenters. The van der Waals surface area contributed by atoms with E-state index in [2.05, 4.69) is 16.0 Å². The Morgan fingerprint density at radius 1 is 1.06 bits per heavy atom. The summed E-state index contributed by atoms with van der Waals surface area (Å²) in [6.07, 6.45) is -6.40. The highest BCUT2D eigenvalue weighted by molar-refractivity contribution is 5.92. The summed E-state index contributed by atoms with van der Waals surface area (Å²) >= 11 is 0. The zero-order chi connectivity index (χ0) is 26.2. The molecular weight excluding hydrogens is 471 g/mol. The van der Waals surface area contributed by atoms with Crippen LogP contribution in [0.4, 0.5) is 34.1 Å². The number of urea groups is 1. The van der Waals surface area contributed by atoms with Crippen molar-refractivity contribution in [2.45, 2.75) is 38.7 Å². The average Bonchev–Trinajstić information content (AvgIpc) is 2.75. The normalized spacial score (nSPS) is 12.3. The Labute approximate surface area is 200 Å². The summed E-state index contributed by atoms with van der Waals surface area (Å²) in [5.74, 6) is 0.274. The van der Waals surface area contributed by atoms with Gasteiger partial charge in [0.25, 0.3) is 0 Å². The first kappa shape index (κ1) is 27.6. The van der Waals surface area contributed by atoms with Crippen molar-refractivity contribution in [2.75, 3.05) is 30.9 Å². The number of hydrogen-bond donors (Lipinski definition) is 4. The number of carbonyl (C=O) groups is 2. The second kappa shape index (κ2) is 11.6. The molecule has 2 rings (SSSR count). The van der Waals surface area contributed by atoms with Gasteiger partial charge in [0.2, 0.25) is 0 Å². The fourth-order valence-electron chi connectivity index (χ4n) is 2.70. The van der Waals surface area contributed by atoms with Crippen molar-refractivity contribution in [2.24, 2.45) is 0 Å². The smallest absolute Gasteiger partial charge is 0.416 e. The molecule has 0 aromatic heterocycles. The number of methoxy groups -OCH3 is 1. The van der Waals surface area contributed by atoms with Crippen molar-refractivity contribution in [1.82, 2.24) is 5.32 Å². The van der Waals surface area contributed by atoms with E-state index >= 15 is 0 Å². The van der Waals surface area contributed by atoms with E-state index in [1.807, 2.05) is 0 Å². The van der Waals surface area contributed by atoms with Crippen molar-refractivity contribution in [1.29, 1.82) is 0 Å². The fourth-order valence-corrected chi connectivity index (χ4v) is 2.70. The molecule has 1 atom stereocenters. The van der Waals surface area contributed by atoms with Crippen LogP contribution < -0.4 is 25.4 Å². The molecular formula is C23H28F3N3O6. The lowest BCUT2D eigenvalue weighted by Crippen LogP contribution is -2.37. The number of rotatable bonds is 8. The first-order chi connectivity index (χ1) is 16.3. The quantitative estimate of drug-likeness (QED) is 0.421. The molecule has 0 saturated heterocycles. The molecule has 3 amide bonds. The minimum atomic E-state index is -4.51. The third-order valence-corrected chi connectivity index (χ3v) is 4.19. The van der Waals surface area contributed by atoms with E-state index in [0.29, 0.717) is 11.4 Å². The summed E-state index contributed by atoms with van der Waals surface area (Å²) in [4.78, 5) is 24.2. The molecule has 0 aliphatic heterocycles. The second-order valence-corrected chi connectivity index (χ2v) is 8.37. The van der Waals surface area contributed by atoms with E-state index in [4.69, 9.17) is 14.2 Å². The summed E-state index contributed by atoms with van der Waals surface area (Å²) in [5, 5.41) is 17.5. The van der Waals surface area contributed by atoms with Crippen LogP contribution in [-0.2, 0) is 10.9 Å². The summed E-state index contributed by atoms with van der Waals surface area (Å²) < 4.78 is 53.9. The predicted octanol–water partition coefficient (Wildman–Crippen LogP) is 4.62. The Kier molecular flexibility index (Phi) is 9.18. The van der Waals surface area contributed by atoms with Gasteiger partial charge < -0.3 is 30.0 Å². The zero-order valence-electron chi connectivity index (χ0n) is 19.7. The lowest BCUT2D eigenvalue weighted by Gasteiger charge is -2.20. The van der Waals surface area contributed by atoms with E-state index < -0.39 is 35.6 Å². The molecule has 0 radical (unpaired) electrons. The van der Waals surface area contributed by atoms with Crippen LogP contribution >= 0.6 is 0 Å². The van der Waals surface area contributed by atoms with Crippen LogP contribution in [0.2, 0.25) is 0 Å². The molecule has 0 spiro atoms. The highest BCUT2D eigenvalue weighted by atomic mass is 19.4. The fraction of sp³-hybridized carbons (Fsp3) is 0.391. The molecule has 2 aromatic carbocycles.